The predicted octanol–water partition coefficient (Wildman–Crippen LogP) is 2.93. The Morgan fingerprint density at radius 3 is 2.47 bits per heavy atom. The van der Waals surface area contributed by atoms with Crippen molar-refractivity contribution in [3.8, 4) is 0 Å². The van der Waals surface area contributed by atoms with Gasteiger partial charge in [0.2, 0.25) is 0 Å². The Bertz CT molecular complexity index is 425. The second-order valence-electron chi connectivity index (χ2n) is 5.38. The average molecular weight is 272 g/mol. The molecule has 1 aromatic carbocycles. The van der Waals surface area contributed by atoms with Gasteiger partial charge in [0.25, 0.3) is 0 Å². The first kappa shape index (κ1) is 14.2. The zero-order valence-corrected chi connectivity index (χ0v) is 11.2. The fourth-order valence-corrected chi connectivity index (χ4v) is 2.44. The van der Waals surface area contributed by atoms with E-state index in [0.717, 1.165) is 25.1 Å². The van der Waals surface area contributed by atoms with Crippen LogP contribution >= 0.6 is 0 Å². The lowest BCUT2D eigenvalue weighted by Crippen LogP contribution is -2.31. The van der Waals surface area contributed by atoms with E-state index >= 15 is 0 Å². The molecule has 1 aliphatic rings. The van der Waals surface area contributed by atoms with Crippen LogP contribution in [0.2, 0.25) is 0 Å². The van der Waals surface area contributed by atoms with E-state index in [1.54, 1.807) is 4.90 Å². The third-order valence-corrected chi connectivity index (χ3v) is 3.40. The average Bonchev–Trinajstić information content (AvgIpc) is 2.73. The van der Waals surface area contributed by atoms with Gasteiger partial charge < -0.3 is 10.2 Å². The van der Waals surface area contributed by atoms with Crippen LogP contribution in [0.25, 0.3) is 0 Å². The van der Waals surface area contributed by atoms with Crippen molar-refractivity contribution in [3.63, 3.8) is 0 Å². The summed E-state index contributed by atoms with van der Waals surface area (Å²) in [7, 11) is 0. The molecule has 2 rings (SSSR count). The van der Waals surface area contributed by atoms with Gasteiger partial charge in [-0.15, -0.1) is 0 Å². The van der Waals surface area contributed by atoms with E-state index in [9.17, 15) is 13.2 Å². The van der Waals surface area contributed by atoms with Crippen LogP contribution in [0, 0.1) is 23.4 Å². The highest BCUT2D eigenvalue weighted by molar-refractivity contribution is 5.50. The first-order valence-corrected chi connectivity index (χ1v) is 6.60. The summed E-state index contributed by atoms with van der Waals surface area (Å²) in [4.78, 5) is 1.66. The number of anilines is 1. The summed E-state index contributed by atoms with van der Waals surface area (Å²) in [5, 5.41) is 3.32. The van der Waals surface area contributed by atoms with E-state index in [-0.39, 0.29) is 5.69 Å². The Morgan fingerprint density at radius 2 is 1.89 bits per heavy atom. The number of hydrogen-bond acceptors (Lipinski definition) is 2. The summed E-state index contributed by atoms with van der Waals surface area (Å²) in [6, 6.07) is 1.87. The standard InChI is InChI=1S/C14H19F3N2/c1-9(2)18-7-10-3-4-19(8-10)14-12(16)5-11(15)6-13(14)17/h5-6,9-10,18H,3-4,7-8H2,1-2H3. The summed E-state index contributed by atoms with van der Waals surface area (Å²) in [5.74, 6) is -2.16. The lowest BCUT2D eigenvalue weighted by molar-refractivity contribution is 0.479. The Balaban J connectivity index is 2.05. The highest BCUT2D eigenvalue weighted by atomic mass is 19.1. The lowest BCUT2D eigenvalue weighted by Gasteiger charge is -2.20. The van der Waals surface area contributed by atoms with E-state index in [1.807, 2.05) is 0 Å². The molecule has 0 aliphatic carbocycles. The van der Waals surface area contributed by atoms with Gasteiger partial charge in [-0.05, 0) is 18.9 Å². The molecule has 1 aliphatic heterocycles. The van der Waals surface area contributed by atoms with Gasteiger partial charge in [-0.1, -0.05) is 13.8 Å². The largest absolute Gasteiger partial charge is 0.366 e. The van der Waals surface area contributed by atoms with Crippen LogP contribution in [0.4, 0.5) is 18.9 Å². The van der Waals surface area contributed by atoms with Crippen LogP contribution in [-0.2, 0) is 0 Å². The molecule has 0 radical (unpaired) electrons. The number of hydrogen-bond donors (Lipinski definition) is 1. The van der Waals surface area contributed by atoms with Crippen molar-refractivity contribution >= 4 is 5.69 Å². The first-order chi connectivity index (χ1) is 8.97. The zero-order chi connectivity index (χ0) is 14.0. The molecule has 0 saturated carbocycles. The number of benzene rings is 1. The van der Waals surface area contributed by atoms with Crippen molar-refractivity contribution in [2.45, 2.75) is 26.3 Å². The highest BCUT2D eigenvalue weighted by Gasteiger charge is 2.27. The minimum Gasteiger partial charge on any atom is -0.366 e. The molecule has 1 saturated heterocycles. The molecule has 1 N–H and O–H groups in total. The summed E-state index contributed by atoms with van der Waals surface area (Å²) in [5.41, 5.74) is -0.103. The van der Waals surface area contributed by atoms with Crippen molar-refractivity contribution in [3.05, 3.63) is 29.6 Å². The van der Waals surface area contributed by atoms with Crippen LogP contribution in [0.1, 0.15) is 20.3 Å². The summed E-state index contributed by atoms with van der Waals surface area (Å²) in [6.07, 6.45) is 0.885. The predicted molar refractivity (Wildman–Crippen MR) is 69.8 cm³/mol. The van der Waals surface area contributed by atoms with Gasteiger partial charge >= 0.3 is 0 Å². The molecule has 0 aromatic heterocycles. The molecule has 1 aromatic rings. The van der Waals surface area contributed by atoms with Gasteiger partial charge in [-0.3, -0.25) is 0 Å². The van der Waals surface area contributed by atoms with Crippen molar-refractivity contribution in [2.75, 3.05) is 24.5 Å². The number of nitrogens with zero attached hydrogens (tertiary/aromatic N) is 1. The topological polar surface area (TPSA) is 15.3 Å². The Labute approximate surface area is 111 Å². The molecule has 1 fully saturated rings. The molecular weight excluding hydrogens is 253 g/mol. The third kappa shape index (κ3) is 3.41. The maximum absolute atomic E-state index is 13.7. The number of rotatable bonds is 4. The second-order valence-corrected chi connectivity index (χ2v) is 5.38. The minimum atomic E-state index is -0.879. The molecule has 0 spiro atoms. The summed E-state index contributed by atoms with van der Waals surface area (Å²) < 4.78 is 40.2. The van der Waals surface area contributed by atoms with Gasteiger partial charge in [0, 0.05) is 31.3 Å². The molecule has 1 heterocycles. The fraction of sp³-hybridized carbons (Fsp3) is 0.571. The second kappa shape index (κ2) is 5.82. The van der Waals surface area contributed by atoms with Crippen molar-refractivity contribution < 1.29 is 13.2 Å². The van der Waals surface area contributed by atoms with E-state index < -0.39 is 17.5 Å². The van der Waals surface area contributed by atoms with Crippen LogP contribution in [-0.4, -0.2) is 25.7 Å². The van der Waals surface area contributed by atoms with E-state index in [2.05, 4.69) is 19.2 Å². The van der Waals surface area contributed by atoms with Crippen LogP contribution < -0.4 is 10.2 Å². The Hall–Kier alpha value is -1.23. The quantitative estimate of drug-likeness (QED) is 0.906. The normalized spacial score (nSPS) is 19.5. The van der Waals surface area contributed by atoms with Gasteiger partial charge in [-0.25, -0.2) is 13.2 Å². The van der Waals surface area contributed by atoms with Crippen LogP contribution in [0.5, 0.6) is 0 Å². The first-order valence-electron chi connectivity index (χ1n) is 6.60. The molecule has 2 nitrogen and oxygen atoms in total. The molecule has 0 amide bonds. The number of nitrogens with one attached hydrogen (secondary N) is 1. The summed E-state index contributed by atoms with van der Waals surface area (Å²) in [6.45, 7) is 6.15. The Kier molecular flexibility index (Phi) is 4.34. The van der Waals surface area contributed by atoms with Crippen molar-refractivity contribution in [1.82, 2.24) is 5.32 Å². The fourth-order valence-electron chi connectivity index (χ4n) is 2.44. The van der Waals surface area contributed by atoms with Crippen LogP contribution in [0.15, 0.2) is 12.1 Å². The SMILES string of the molecule is CC(C)NCC1CCN(c2c(F)cc(F)cc2F)C1. The molecule has 1 atom stereocenters. The molecule has 0 bridgehead atoms. The zero-order valence-electron chi connectivity index (χ0n) is 11.2. The van der Waals surface area contributed by atoms with Crippen molar-refractivity contribution in [1.29, 1.82) is 0 Å². The van der Waals surface area contributed by atoms with Crippen molar-refractivity contribution in [2.24, 2.45) is 5.92 Å². The molecule has 19 heavy (non-hydrogen) atoms. The smallest absolute Gasteiger partial charge is 0.152 e. The van der Waals surface area contributed by atoms with Gasteiger partial charge in [0.15, 0.2) is 11.6 Å². The molecule has 1 unspecified atom stereocenters. The van der Waals surface area contributed by atoms with Gasteiger partial charge in [0.05, 0.1) is 0 Å². The summed E-state index contributed by atoms with van der Waals surface area (Å²) >= 11 is 0. The van der Waals surface area contributed by atoms with Crippen LogP contribution in [0.3, 0.4) is 0 Å². The maximum atomic E-state index is 13.7. The van der Waals surface area contributed by atoms with E-state index in [1.165, 1.54) is 0 Å². The molecule has 5 heteroatoms. The molecule has 106 valence electrons. The Morgan fingerprint density at radius 1 is 1.26 bits per heavy atom. The van der Waals surface area contributed by atoms with E-state index in [4.69, 9.17) is 0 Å². The van der Waals surface area contributed by atoms with E-state index in [0.29, 0.717) is 25.0 Å². The third-order valence-electron chi connectivity index (χ3n) is 3.40. The lowest BCUT2D eigenvalue weighted by atomic mass is 10.1. The maximum Gasteiger partial charge on any atom is 0.152 e. The number of halogens is 3. The van der Waals surface area contributed by atoms with Gasteiger partial charge in [-0.2, -0.15) is 0 Å². The minimum absolute atomic E-state index is 0.103. The van der Waals surface area contributed by atoms with Gasteiger partial charge in [0.1, 0.15) is 11.5 Å². The highest BCUT2D eigenvalue weighted by Crippen LogP contribution is 2.29. The molecular formula is C14H19F3N2. The monoisotopic (exact) mass is 272 g/mol.